The van der Waals surface area contributed by atoms with Gasteiger partial charge in [0.2, 0.25) is 0 Å². The third-order valence-corrected chi connectivity index (χ3v) is 4.61. The zero-order valence-electron chi connectivity index (χ0n) is 7.18. The Bertz CT molecular complexity index is 167. The second-order valence-electron chi connectivity index (χ2n) is 3.59. The van der Waals surface area contributed by atoms with E-state index in [9.17, 15) is 0 Å². The molecule has 0 spiro atoms. The second-order valence-corrected chi connectivity index (χ2v) is 5.09. The Hall–Kier alpha value is 0.430. The molecule has 64 valence electrons. The SMILES string of the molecule is CC[C@@]1(C)C=CC(N)CC1I. The Labute approximate surface area is 82.6 Å². The van der Waals surface area contributed by atoms with Crippen molar-refractivity contribution in [3.8, 4) is 0 Å². The van der Waals surface area contributed by atoms with Crippen molar-refractivity contribution in [2.24, 2.45) is 11.1 Å². The highest BCUT2D eigenvalue weighted by atomic mass is 127. The van der Waals surface area contributed by atoms with E-state index in [0.717, 1.165) is 6.42 Å². The zero-order valence-corrected chi connectivity index (χ0v) is 9.34. The number of allylic oxidation sites excluding steroid dienone is 1. The predicted octanol–water partition coefficient (Wildman–Crippen LogP) is 2.49. The van der Waals surface area contributed by atoms with E-state index in [1.54, 1.807) is 0 Å². The van der Waals surface area contributed by atoms with Crippen LogP contribution in [-0.2, 0) is 0 Å². The summed E-state index contributed by atoms with van der Waals surface area (Å²) in [5.41, 5.74) is 6.19. The summed E-state index contributed by atoms with van der Waals surface area (Å²) in [6.07, 6.45) is 6.78. The van der Waals surface area contributed by atoms with Gasteiger partial charge in [0.15, 0.2) is 0 Å². The van der Waals surface area contributed by atoms with Gasteiger partial charge < -0.3 is 5.73 Å². The molecule has 1 aliphatic carbocycles. The molecule has 0 aromatic heterocycles. The van der Waals surface area contributed by atoms with Crippen LogP contribution in [0.4, 0.5) is 0 Å². The highest BCUT2D eigenvalue weighted by Gasteiger charge is 2.31. The van der Waals surface area contributed by atoms with E-state index in [1.807, 2.05) is 0 Å². The number of halogens is 1. The molecule has 1 nitrogen and oxygen atoms in total. The van der Waals surface area contributed by atoms with Crippen LogP contribution in [-0.4, -0.2) is 9.97 Å². The molecule has 2 unspecified atom stereocenters. The molecule has 2 heteroatoms. The van der Waals surface area contributed by atoms with Crippen molar-refractivity contribution in [3.63, 3.8) is 0 Å². The fourth-order valence-electron chi connectivity index (χ4n) is 1.37. The Morgan fingerprint density at radius 1 is 1.73 bits per heavy atom. The van der Waals surface area contributed by atoms with Gasteiger partial charge in [-0.2, -0.15) is 0 Å². The molecule has 0 saturated carbocycles. The van der Waals surface area contributed by atoms with Gasteiger partial charge in [-0.1, -0.05) is 48.6 Å². The number of hydrogen-bond acceptors (Lipinski definition) is 1. The Balaban J connectivity index is 2.75. The average molecular weight is 265 g/mol. The molecule has 2 N–H and O–H groups in total. The minimum absolute atomic E-state index is 0.288. The van der Waals surface area contributed by atoms with E-state index in [4.69, 9.17) is 5.73 Å². The minimum atomic E-state index is 0.288. The van der Waals surface area contributed by atoms with Crippen LogP contribution in [0.5, 0.6) is 0 Å². The predicted molar refractivity (Wildman–Crippen MR) is 57.9 cm³/mol. The Morgan fingerprint density at radius 2 is 2.36 bits per heavy atom. The molecule has 3 atom stereocenters. The molecule has 0 fully saturated rings. The monoisotopic (exact) mass is 265 g/mol. The van der Waals surface area contributed by atoms with Crippen LogP contribution in [0.3, 0.4) is 0 Å². The van der Waals surface area contributed by atoms with Gasteiger partial charge in [0, 0.05) is 9.97 Å². The summed E-state index contributed by atoms with van der Waals surface area (Å²) in [5, 5.41) is 0. The molecule has 0 aliphatic heterocycles. The highest BCUT2D eigenvalue weighted by Crippen LogP contribution is 2.38. The molecule has 0 heterocycles. The van der Waals surface area contributed by atoms with Gasteiger partial charge in [0.05, 0.1) is 0 Å². The third-order valence-electron chi connectivity index (χ3n) is 2.68. The zero-order chi connectivity index (χ0) is 8.48. The van der Waals surface area contributed by atoms with E-state index in [0.29, 0.717) is 9.34 Å². The first-order valence-corrected chi connectivity index (χ1v) is 5.42. The van der Waals surface area contributed by atoms with Crippen molar-refractivity contribution in [3.05, 3.63) is 12.2 Å². The topological polar surface area (TPSA) is 26.0 Å². The van der Waals surface area contributed by atoms with Gasteiger partial charge in [-0.25, -0.2) is 0 Å². The molecule has 0 aromatic rings. The lowest BCUT2D eigenvalue weighted by molar-refractivity contribution is 0.366. The first kappa shape index (κ1) is 9.52. The number of nitrogens with two attached hydrogens (primary N) is 1. The van der Waals surface area contributed by atoms with E-state index >= 15 is 0 Å². The molecule has 1 aliphatic rings. The molecule has 0 radical (unpaired) electrons. The summed E-state index contributed by atoms with van der Waals surface area (Å²) in [7, 11) is 0. The lowest BCUT2D eigenvalue weighted by atomic mass is 9.77. The largest absolute Gasteiger partial charge is 0.324 e. The molecule has 0 aromatic carbocycles. The number of rotatable bonds is 1. The van der Waals surface area contributed by atoms with E-state index in [1.165, 1.54) is 6.42 Å². The van der Waals surface area contributed by atoms with Crippen molar-refractivity contribution in [2.45, 2.75) is 36.7 Å². The molecular weight excluding hydrogens is 249 g/mol. The van der Waals surface area contributed by atoms with Crippen LogP contribution in [0.15, 0.2) is 12.2 Å². The van der Waals surface area contributed by atoms with Gasteiger partial charge in [-0.05, 0) is 18.3 Å². The Kier molecular flexibility index (Phi) is 2.97. The van der Waals surface area contributed by atoms with E-state index in [-0.39, 0.29) is 6.04 Å². The second kappa shape index (κ2) is 3.44. The first-order chi connectivity index (χ1) is 5.08. The summed E-state index contributed by atoms with van der Waals surface area (Å²) in [5.74, 6) is 0. The quantitative estimate of drug-likeness (QED) is 0.440. The van der Waals surface area contributed by atoms with Gasteiger partial charge in [-0.15, -0.1) is 0 Å². The van der Waals surface area contributed by atoms with Crippen LogP contribution in [0.2, 0.25) is 0 Å². The fourth-order valence-corrected chi connectivity index (χ4v) is 2.61. The van der Waals surface area contributed by atoms with Crippen molar-refractivity contribution < 1.29 is 0 Å². The van der Waals surface area contributed by atoms with E-state index < -0.39 is 0 Å². The molecule has 11 heavy (non-hydrogen) atoms. The van der Waals surface area contributed by atoms with E-state index in [2.05, 4.69) is 48.6 Å². The molecular formula is C9H16IN. The Morgan fingerprint density at radius 3 is 2.82 bits per heavy atom. The standard InChI is InChI=1S/C9H16IN/c1-3-9(2)5-4-7(11)6-8(9)10/h4-5,7-8H,3,6,11H2,1-2H3/t7?,8?,9-/m0/s1. The lowest BCUT2D eigenvalue weighted by Gasteiger charge is -2.35. The van der Waals surface area contributed by atoms with Gasteiger partial charge in [0.1, 0.15) is 0 Å². The summed E-state index contributed by atoms with van der Waals surface area (Å²) < 4.78 is 0.699. The van der Waals surface area contributed by atoms with Crippen LogP contribution in [0.25, 0.3) is 0 Å². The minimum Gasteiger partial charge on any atom is -0.324 e. The lowest BCUT2D eigenvalue weighted by Crippen LogP contribution is -2.35. The van der Waals surface area contributed by atoms with Gasteiger partial charge >= 0.3 is 0 Å². The van der Waals surface area contributed by atoms with Crippen LogP contribution < -0.4 is 5.73 Å². The third kappa shape index (κ3) is 1.96. The average Bonchev–Trinajstić information content (AvgIpc) is 1.98. The van der Waals surface area contributed by atoms with Gasteiger partial charge in [0.25, 0.3) is 0 Å². The summed E-state index contributed by atoms with van der Waals surface area (Å²) in [6.45, 7) is 4.55. The normalized spacial score (nSPS) is 44.4. The maximum absolute atomic E-state index is 5.81. The number of hydrogen-bond donors (Lipinski definition) is 1. The van der Waals surface area contributed by atoms with Crippen LogP contribution >= 0.6 is 22.6 Å². The maximum atomic E-state index is 5.81. The molecule has 0 bridgehead atoms. The first-order valence-electron chi connectivity index (χ1n) is 4.17. The van der Waals surface area contributed by atoms with Crippen LogP contribution in [0, 0.1) is 5.41 Å². The summed E-state index contributed by atoms with van der Waals surface area (Å²) in [4.78, 5) is 0. The van der Waals surface area contributed by atoms with Crippen molar-refractivity contribution in [1.82, 2.24) is 0 Å². The fraction of sp³-hybridized carbons (Fsp3) is 0.778. The molecule has 0 amide bonds. The molecule has 0 saturated heterocycles. The number of alkyl halides is 1. The highest BCUT2D eigenvalue weighted by molar-refractivity contribution is 14.1. The summed E-state index contributed by atoms with van der Waals surface area (Å²) >= 11 is 2.52. The van der Waals surface area contributed by atoms with Crippen molar-refractivity contribution >= 4 is 22.6 Å². The van der Waals surface area contributed by atoms with Crippen molar-refractivity contribution in [1.29, 1.82) is 0 Å². The van der Waals surface area contributed by atoms with Crippen molar-refractivity contribution in [2.75, 3.05) is 0 Å². The van der Waals surface area contributed by atoms with Gasteiger partial charge in [-0.3, -0.25) is 0 Å². The maximum Gasteiger partial charge on any atom is 0.0234 e. The smallest absolute Gasteiger partial charge is 0.0234 e. The van der Waals surface area contributed by atoms with Crippen LogP contribution in [0.1, 0.15) is 26.7 Å². The summed E-state index contributed by atoms with van der Waals surface area (Å²) in [6, 6.07) is 0.288. The molecule has 1 rings (SSSR count).